The summed E-state index contributed by atoms with van der Waals surface area (Å²) in [5.41, 5.74) is 6.72. The molecule has 6 aliphatic rings. The first kappa shape index (κ1) is 26.3. The van der Waals surface area contributed by atoms with Crippen LogP contribution < -0.4 is 26.2 Å². The topological polar surface area (TPSA) is 91.5 Å². The average molecular weight is 547 g/mol. The highest BCUT2D eigenvalue weighted by molar-refractivity contribution is 6.30. The third-order valence-electron chi connectivity index (χ3n) is 10.1. The normalized spacial score (nSPS) is 36.6. The first-order valence-corrected chi connectivity index (χ1v) is 14.9. The zero-order valence-corrected chi connectivity index (χ0v) is 22.8. The Morgan fingerprint density at radius 2 is 1.66 bits per heavy atom. The Balaban J connectivity index is 1.01. The Morgan fingerprint density at radius 1 is 0.974 bits per heavy atom. The predicted molar refractivity (Wildman–Crippen MR) is 143 cm³/mol. The minimum absolute atomic E-state index is 0.0145. The molecular formula is C29H40ClFN4O3. The number of halogens is 2. The number of fused-ring (bicyclic) bond motifs is 1. The summed E-state index contributed by atoms with van der Waals surface area (Å²) in [7, 11) is 0. The molecular weight excluding hydrogens is 507 g/mol. The highest BCUT2D eigenvalue weighted by Crippen LogP contribution is 2.60. The Labute approximate surface area is 229 Å². The Hall–Kier alpha value is -1.90. The molecule has 9 heteroatoms. The lowest BCUT2D eigenvalue weighted by atomic mass is 9.44. The maximum absolute atomic E-state index is 13.6. The lowest BCUT2D eigenvalue weighted by Gasteiger charge is -2.70. The van der Waals surface area contributed by atoms with Crippen molar-refractivity contribution in [2.45, 2.75) is 113 Å². The van der Waals surface area contributed by atoms with Gasteiger partial charge in [-0.3, -0.25) is 15.0 Å². The molecule has 4 N–H and O–H groups in total. The molecule has 2 amide bonds. The number of nitrogens with one attached hydrogen (secondary N) is 4. The molecule has 6 fully saturated rings. The lowest BCUT2D eigenvalue weighted by Crippen LogP contribution is -2.84. The van der Waals surface area contributed by atoms with Crippen molar-refractivity contribution in [2.75, 3.05) is 6.61 Å². The van der Waals surface area contributed by atoms with Crippen LogP contribution in [0.1, 0.15) is 89.9 Å². The van der Waals surface area contributed by atoms with E-state index >= 15 is 0 Å². The number of rotatable bonds is 7. The van der Waals surface area contributed by atoms with Crippen molar-refractivity contribution in [1.82, 2.24) is 21.5 Å². The van der Waals surface area contributed by atoms with E-state index in [1.165, 1.54) is 76.0 Å². The molecule has 1 aromatic carbocycles. The molecule has 2 bridgehead atoms. The van der Waals surface area contributed by atoms with Crippen LogP contribution in [0, 0.1) is 17.7 Å². The summed E-state index contributed by atoms with van der Waals surface area (Å²) < 4.78 is 19.0. The Morgan fingerprint density at radius 3 is 2.39 bits per heavy atom. The predicted octanol–water partition coefficient (Wildman–Crippen LogP) is 4.53. The van der Waals surface area contributed by atoms with E-state index in [0.29, 0.717) is 11.8 Å². The Bertz CT molecular complexity index is 1060. The summed E-state index contributed by atoms with van der Waals surface area (Å²) in [6.07, 6.45) is 16.1. The van der Waals surface area contributed by atoms with Gasteiger partial charge < -0.3 is 15.4 Å². The highest BCUT2D eigenvalue weighted by Gasteiger charge is 2.70. The van der Waals surface area contributed by atoms with Crippen molar-refractivity contribution in [3.63, 3.8) is 0 Å². The summed E-state index contributed by atoms with van der Waals surface area (Å²) in [6.45, 7) is -0.190. The first-order valence-electron chi connectivity index (χ1n) is 14.6. The first-order chi connectivity index (χ1) is 18.3. The third-order valence-corrected chi connectivity index (χ3v) is 10.4. The van der Waals surface area contributed by atoms with Crippen LogP contribution in [0.4, 0.5) is 4.39 Å². The van der Waals surface area contributed by atoms with Crippen LogP contribution in [0.25, 0.3) is 0 Å². The van der Waals surface area contributed by atoms with Gasteiger partial charge in [0, 0.05) is 28.6 Å². The maximum Gasteiger partial charge on any atom is 0.258 e. The fraction of sp³-hybridized carbons (Fsp3) is 0.724. The molecule has 208 valence electrons. The summed E-state index contributed by atoms with van der Waals surface area (Å²) in [5.74, 6) is 0.510. The largest absolute Gasteiger partial charge is 0.484 e. The van der Waals surface area contributed by atoms with Crippen LogP contribution in [0.2, 0.25) is 5.02 Å². The van der Waals surface area contributed by atoms with Crippen molar-refractivity contribution in [2.24, 2.45) is 11.8 Å². The van der Waals surface area contributed by atoms with E-state index in [1.807, 2.05) is 0 Å². The summed E-state index contributed by atoms with van der Waals surface area (Å²) in [4.78, 5) is 26.0. The number of hydrogen-bond acceptors (Lipinski definition) is 5. The van der Waals surface area contributed by atoms with E-state index in [2.05, 4.69) is 21.5 Å². The molecule has 1 heterocycles. The van der Waals surface area contributed by atoms with E-state index in [-0.39, 0.29) is 51.9 Å². The SMILES string of the molecule is O=C(COc1ccc(Cl)c(F)c1)NC12CC(NC(=O)C3NNC4(C5CCCCCCC5)CCCCC34)(C1)C2. The molecule has 38 heavy (non-hydrogen) atoms. The van der Waals surface area contributed by atoms with Gasteiger partial charge in [-0.25, -0.2) is 9.82 Å². The van der Waals surface area contributed by atoms with E-state index in [0.717, 1.165) is 32.1 Å². The van der Waals surface area contributed by atoms with Crippen LogP contribution in [0.5, 0.6) is 5.75 Å². The second kappa shape index (κ2) is 10.3. The minimum Gasteiger partial charge on any atom is -0.484 e. The molecule has 7 nitrogen and oxygen atoms in total. The minimum atomic E-state index is -0.580. The van der Waals surface area contributed by atoms with Gasteiger partial charge in [-0.1, -0.05) is 56.5 Å². The smallest absolute Gasteiger partial charge is 0.258 e. The number of amides is 2. The van der Waals surface area contributed by atoms with Gasteiger partial charge >= 0.3 is 0 Å². The highest BCUT2D eigenvalue weighted by atomic mass is 35.5. The molecule has 7 rings (SSSR count). The molecule has 1 aliphatic heterocycles. The van der Waals surface area contributed by atoms with Gasteiger partial charge in [0.1, 0.15) is 17.6 Å². The van der Waals surface area contributed by atoms with Crippen molar-refractivity contribution in [3.8, 4) is 5.75 Å². The van der Waals surface area contributed by atoms with Crippen molar-refractivity contribution in [3.05, 3.63) is 29.0 Å². The number of ether oxygens (including phenoxy) is 1. The standard InChI is InChI=1S/C29H40ClFN4O3/c30-22-12-11-20(14-23(22)31)38-15-24(36)32-27-16-28(17-27,18-27)33-26(37)25-21-10-6-7-13-29(21,35-34-25)19-8-4-2-1-3-5-9-19/h11-12,14,19,21,25,34-35H,1-10,13,15-18H2,(H,32,36)(H,33,37). The van der Waals surface area contributed by atoms with E-state index in [1.54, 1.807) is 0 Å². The zero-order valence-electron chi connectivity index (χ0n) is 22.1. The average Bonchev–Trinajstić information content (AvgIpc) is 3.23. The molecule has 1 saturated heterocycles. The van der Waals surface area contributed by atoms with Crippen molar-refractivity contribution in [1.29, 1.82) is 0 Å². The van der Waals surface area contributed by atoms with Gasteiger partial charge in [-0.2, -0.15) is 0 Å². The van der Waals surface area contributed by atoms with Gasteiger partial charge in [0.2, 0.25) is 5.91 Å². The summed E-state index contributed by atoms with van der Waals surface area (Å²) >= 11 is 5.69. The molecule has 3 atom stereocenters. The Kier molecular flexibility index (Phi) is 7.10. The van der Waals surface area contributed by atoms with Crippen LogP contribution in [-0.2, 0) is 9.59 Å². The molecule has 0 aromatic heterocycles. The summed E-state index contributed by atoms with van der Waals surface area (Å²) in [5, 5.41) is 6.44. The van der Waals surface area contributed by atoms with Crippen molar-refractivity contribution >= 4 is 23.4 Å². The fourth-order valence-electron chi connectivity index (χ4n) is 8.42. The quantitative estimate of drug-likeness (QED) is 0.403. The van der Waals surface area contributed by atoms with Crippen LogP contribution in [0.15, 0.2) is 18.2 Å². The van der Waals surface area contributed by atoms with Crippen LogP contribution in [0.3, 0.4) is 0 Å². The van der Waals surface area contributed by atoms with Gasteiger partial charge in [0.25, 0.3) is 5.91 Å². The fourth-order valence-corrected chi connectivity index (χ4v) is 8.54. The van der Waals surface area contributed by atoms with E-state index < -0.39 is 5.82 Å². The van der Waals surface area contributed by atoms with Crippen LogP contribution >= 0.6 is 11.6 Å². The monoisotopic (exact) mass is 546 g/mol. The maximum atomic E-state index is 13.6. The molecule has 0 radical (unpaired) electrons. The van der Waals surface area contributed by atoms with Crippen LogP contribution in [-0.4, -0.2) is 41.1 Å². The zero-order chi connectivity index (χ0) is 26.4. The number of benzene rings is 1. The molecule has 5 saturated carbocycles. The molecule has 0 spiro atoms. The number of hydrogen-bond donors (Lipinski definition) is 4. The van der Waals surface area contributed by atoms with E-state index in [9.17, 15) is 14.0 Å². The number of carbonyl (C=O) groups excluding carboxylic acids is 2. The van der Waals surface area contributed by atoms with Gasteiger partial charge in [0.05, 0.1) is 5.02 Å². The van der Waals surface area contributed by atoms with E-state index in [4.69, 9.17) is 16.3 Å². The van der Waals surface area contributed by atoms with Gasteiger partial charge in [-0.15, -0.1) is 0 Å². The van der Waals surface area contributed by atoms with Crippen molar-refractivity contribution < 1.29 is 18.7 Å². The summed E-state index contributed by atoms with van der Waals surface area (Å²) in [6, 6.07) is 3.91. The number of carbonyl (C=O) groups is 2. The van der Waals surface area contributed by atoms with Gasteiger partial charge in [0.15, 0.2) is 6.61 Å². The molecule has 1 aromatic rings. The molecule has 3 unspecified atom stereocenters. The molecule has 5 aliphatic carbocycles. The number of hydrazine groups is 1. The van der Waals surface area contributed by atoms with Gasteiger partial charge in [-0.05, 0) is 63.0 Å². The second-order valence-corrected chi connectivity index (χ2v) is 13.1. The third kappa shape index (κ3) is 4.81. The lowest BCUT2D eigenvalue weighted by molar-refractivity contribution is -0.152. The second-order valence-electron chi connectivity index (χ2n) is 12.7.